The minimum absolute atomic E-state index is 0.0394. The molecule has 14 heavy (non-hydrogen) atoms. The van der Waals surface area contributed by atoms with Crippen LogP contribution in [0.15, 0.2) is 0 Å². The molecule has 0 saturated heterocycles. The van der Waals surface area contributed by atoms with Crippen molar-refractivity contribution in [2.75, 3.05) is 0 Å². The minimum Gasteiger partial charge on any atom is -0.481 e. The number of fused-ring (bicyclic) bond motifs is 2. The van der Waals surface area contributed by atoms with Crippen LogP contribution in [0.4, 0.5) is 0 Å². The smallest absolute Gasteiger partial charge is 0.314 e. The predicted octanol–water partition coefficient (Wildman–Crippen LogP) is 1.71. The largest absolute Gasteiger partial charge is 0.481 e. The van der Waals surface area contributed by atoms with Crippen molar-refractivity contribution < 1.29 is 14.7 Å². The Hall–Kier alpha value is -0.860. The van der Waals surface area contributed by atoms with E-state index in [9.17, 15) is 9.59 Å². The zero-order valence-electron chi connectivity index (χ0n) is 8.83. The van der Waals surface area contributed by atoms with Crippen molar-refractivity contribution in [2.24, 2.45) is 22.7 Å². The molecule has 78 valence electrons. The van der Waals surface area contributed by atoms with Crippen LogP contribution < -0.4 is 0 Å². The number of carbonyl (C=O) groups is 2. The first-order valence-corrected chi connectivity index (χ1v) is 5.09. The molecule has 3 atom stereocenters. The summed E-state index contributed by atoms with van der Waals surface area (Å²) < 4.78 is 0. The molecule has 0 radical (unpaired) electrons. The van der Waals surface area contributed by atoms with Crippen LogP contribution in [-0.4, -0.2) is 16.9 Å². The summed E-state index contributed by atoms with van der Waals surface area (Å²) in [6.45, 7) is 6.00. The Labute approximate surface area is 83.5 Å². The Kier molecular flexibility index (Phi) is 1.65. The number of Topliss-reactive ketones (excluding diaryl/α,β-unsaturated/α-hetero) is 1. The molecule has 1 N–H and O–H groups in total. The van der Waals surface area contributed by atoms with Crippen molar-refractivity contribution in [1.82, 2.24) is 0 Å². The zero-order chi connectivity index (χ0) is 10.7. The lowest BCUT2D eigenvalue weighted by Gasteiger charge is -2.32. The topological polar surface area (TPSA) is 54.4 Å². The molecule has 0 aromatic carbocycles. The molecule has 0 aromatic rings. The third-order valence-electron chi connectivity index (χ3n) is 4.80. The zero-order valence-corrected chi connectivity index (χ0v) is 8.83. The van der Waals surface area contributed by atoms with E-state index in [2.05, 4.69) is 0 Å². The number of ketones is 1. The molecule has 2 aliphatic rings. The normalized spacial score (nSPS) is 44.4. The maximum absolute atomic E-state index is 12.0. The highest BCUT2D eigenvalue weighted by Gasteiger charge is 2.68. The third kappa shape index (κ3) is 0.787. The second-order valence-corrected chi connectivity index (χ2v) is 5.38. The van der Waals surface area contributed by atoms with Gasteiger partial charge >= 0.3 is 5.97 Å². The molecular formula is C11H16O3. The highest BCUT2D eigenvalue weighted by molar-refractivity contribution is 6.04. The first kappa shape index (κ1) is 9.69. The maximum Gasteiger partial charge on any atom is 0.314 e. The van der Waals surface area contributed by atoms with Gasteiger partial charge in [-0.05, 0) is 24.2 Å². The number of hydrogen-bond donors (Lipinski definition) is 1. The van der Waals surface area contributed by atoms with Crippen LogP contribution in [0.5, 0.6) is 0 Å². The van der Waals surface area contributed by atoms with Gasteiger partial charge < -0.3 is 5.11 Å². The first-order valence-electron chi connectivity index (χ1n) is 5.09. The summed E-state index contributed by atoms with van der Waals surface area (Å²) in [4.78, 5) is 23.0. The highest BCUT2D eigenvalue weighted by atomic mass is 16.4. The summed E-state index contributed by atoms with van der Waals surface area (Å²) in [7, 11) is 0. The lowest BCUT2D eigenvalue weighted by Crippen LogP contribution is -2.35. The lowest BCUT2D eigenvalue weighted by atomic mass is 9.70. The summed E-state index contributed by atoms with van der Waals surface area (Å²) in [5, 5.41) is 9.03. The van der Waals surface area contributed by atoms with Crippen molar-refractivity contribution in [1.29, 1.82) is 0 Å². The Balaban J connectivity index is 2.49. The molecule has 0 amide bonds. The molecule has 2 saturated carbocycles. The van der Waals surface area contributed by atoms with E-state index in [1.807, 2.05) is 20.8 Å². The van der Waals surface area contributed by atoms with Gasteiger partial charge in [0.05, 0.1) is 0 Å². The van der Waals surface area contributed by atoms with Crippen LogP contribution in [0.25, 0.3) is 0 Å². The second-order valence-electron chi connectivity index (χ2n) is 5.38. The van der Waals surface area contributed by atoms with Crippen molar-refractivity contribution in [3.05, 3.63) is 0 Å². The standard InChI is InChI=1S/C11H16O3/c1-10(2)6-4-5-11(10,3)8(12)7(6)9(13)14/h6-7H,4-5H2,1-3H3,(H,13,14)/t6-,7-,11-/m1/s1. The Morgan fingerprint density at radius 3 is 2.29 bits per heavy atom. The van der Waals surface area contributed by atoms with Crippen molar-refractivity contribution in [2.45, 2.75) is 33.6 Å². The van der Waals surface area contributed by atoms with E-state index >= 15 is 0 Å². The molecule has 0 aromatic heterocycles. The van der Waals surface area contributed by atoms with Crippen molar-refractivity contribution >= 4 is 11.8 Å². The monoisotopic (exact) mass is 196 g/mol. The van der Waals surface area contributed by atoms with E-state index in [-0.39, 0.29) is 17.1 Å². The van der Waals surface area contributed by atoms with Crippen molar-refractivity contribution in [3.63, 3.8) is 0 Å². The summed E-state index contributed by atoms with van der Waals surface area (Å²) in [5.74, 6) is -1.69. The fourth-order valence-electron chi connectivity index (χ4n) is 3.37. The molecule has 2 bridgehead atoms. The number of rotatable bonds is 1. The van der Waals surface area contributed by atoms with Crippen LogP contribution >= 0.6 is 0 Å². The quantitative estimate of drug-likeness (QED) is 0.649. The molecule has 0 aliphatic heterocycles. The molecule has 2 aliphatic carbocycles. The fraction of sp³-hybridized carbons (Fsp3) is 0.818. The van der Waals surface area contributed by atoms with E-state index in [4.69, 9.17) is 5.11 Å². The highest BCUT2D eigenvalue weighted by Crippen LogP contribution is 2.65. The van der Waals surface area contributed by atoms with E-state index in [0.717, 1.165) is 12.8 Å². The van der Waals surface area contributed by atoms with Gasteiger partial charge in [-0.1, -0.05) is 20.8 Å². The van der Waals surface area contributed by atoms with Gasteiger partial charge in [-0.3, -0.25) is 9.59 Å². The van der Waals surface area contributed by atoms with Gasteiger partial charge in [0.25, 0.3) is 0 Å². The number of carboxylic acid groups (broad SMARTS) is 1. The van der Waals surface area contributed by atoms with Gasteiger partial charge in [0.2, 0.25) is 0 Å². The maximum atomic E-state index is 12.0. The lowest BCUT2D eigenvalue weighted by molar-refractivity contribution is -0.149. The summed E-state index contributed by atoms with van der Waals surface area (Å²) >= 11 is 0. The summed E-state index contributed by atoms with van der Waals surface area (Å²) in [6.07, 6.45) is 1.74. The van der Waals surface area contributed by atoms with Crippen LogP contribution in [-0.2, 0) is 9.59 Å². The van der Waals surface area contributed by atoms with Crippen LogP contribution in [0, 0.1) is 22.7 Å². The van der Waals surface area contributed by atoms with Crippen LogP contribution in [0.1, 0.15) is 33.6 Å². The van der Waals surface area contributed by atoms with Crippen LogP contribution in [0.3, 0.4) is 0 Å². The second kappa shape index (κ2) is 2.38. The number of hydrogen-bond acceptors (Lipinski definition) is 2. The Bertz CT molecular complexity index is 318. The molecule has 3 heteroatoms. The predicted molar refractivity (Wildman–Crippen MR) is 50.7 cm³/mol. The molecule has 0 heterocycles. The van der Waals surface area contributed by atoms with Crippen LogP contribution in [0.2, 0.25) is 0 Å². The van der Waals surface area contributed by atoms with Gasteiger partial charge in [-0.15, -0.1) is 0 Å². The van der Waals surface area contributed by atoms with E-state index in [0.29, 0.717) is 0 Å². The van der Waals surface area contributed by atoms with E-state index in [1.165, 1.54) is 0 Å². The molecule has 2 fully saturated rings. The van der Waals surface area contributed by atoms with E-state index < -0.39 is 17.3 Å². The third-order valence-corrected chi connectivity index (χ3v) is 4.80. The Morgan fingerprint density at radius 1 is 1.43 bits per heavy atom. The van der Waals surface area contributed by atoms with Gasteiger partial charge in [-0.25, -0.2) is 0 Å². The first-order chi connectivity index (χ1) is 6.32. The van der Waals surface area contributed by atoms with E-state index in [1.54, 1.807) is 0 Å². The van der Waals surface area contributed by atoms with Gasteiger partial charge in [0.1, 0.15) is 5.92 Å². The van der Waals surface area contributed by atoms with Gasteiger partial charge in [0, 0.05) is 5.41 Å². The SMILES string of the molecule is CC1(C)[C@@H]2CC[C@]1(C)C(=O)[C@@H]2C(=O)O. The Morgan fingerprint density at radius 2 is 2.00 bits per heavy atom. The number of carboxylic acids is 1. The van der Waals surface area contributed by atoms with Crippen molar-refractivity contribution in [3.8, 4) is 0 Å². The molecule has 3 nitrogen and oxygen atoms in total. The minimum atomic E-state index is -0.934. The molecular weight excluding hydrogens is 180 g/mol. The molecule has 2 rings (SSSR count). The fourth-order valence-corrected chi connectivity index (χ4v) is 3.37. The number of aliphatic carboxylic acids is 1. The number of carbonyl (C=O) groups excluding carboxylic acids is 1. The summed E-state index contributed by atoms with van der Waals surface area (Å²) in [6, 6.07) is 0. The average Bonchev–Trinajstić information content (AvgIpc) is 2.35. The van der Waals surface area contributed by atoms with Gasteiger partial charge in [-0.2, -0.15) is 0 Å². The molecule has 0 spiro atoms. The summed E-state index contributed by atoms with van der Waals surface area (Å²) in [5.41, 5.74) is -0.548. The molecule has 0 unspecified atom stereocenters. The average molecular weight is 196 g/mol. The van der Waals surface area contributed by atoms with Gasteiger partial charge in [0.15, 0.2) is 5.78 Å².